The fourth-order valence-electron chi connectivity index (χ4n) is 3.54. The minimum absolute atomic E-state index is 0.337. The molecule has 1 heterocycles. The number of nitrogens with zero attached hydrogens (tertiary/aromatic N) is 2. The molecule has 1 atom stereocenters. The van der Waals surface area contributed by atoms with Crippen LogP contribution in [0, 0.1) is 0 Å². The van der Waals surface area contributed by atoms with Gasteiger partial charge in [-0.15, -0.1) is 0 Å². The summed E-state index contributed by atoms with van der Waals surface area (Å²) in [5.41, 5.74) is 4.42. The zero-order valence-electron chi connectivity index (χ0n) is 15.6. The number of hydrogen-bond donors (Lipinski definition) is 1. The molecule has 29 heavy (non-hydrogen) atoms. The summed E-state index contributed by atoms with van der Waals surface area (Å²) in [4.78, 5) is 9.20. The SMILES string of the molecule is ClC1=NC(c2ccccc2)N=C(c2ccc3cc(-c4ccccc4)ccc3c2)N1. The predicted molar refractivity (Wildman–Crippen MR) is 122 cm³/mol. The Morgan fingerprint density at radius 3 is 1.97 bits per heavy atom. The van der Waals surface area contributed by atoms with Crippen molar-refractivity contribution in [1.29, 1.82) is 0 Å². The van der Waals surface area contributed by atoms with Gasteiger partial charge in [-0.1, -0.05) is 84.9 Å². The third kappa shape index (κ3) is 3.65. The molecule has 1 unspecified atom stereocenters. The quantitative estimate of drug-likeness (QED) is 0.415. The van der Waals surface area contributed by atoms with Crippen molar-refractivity contribution in [2.45, 2.75) is 6.17 Å². The first-order valence-electron chi connectivity index (χ1n) is 9.49. The zero-order valence-corrected chi connectivity index (χ0v) is 16.3. The van der Waals surface area contributed by atoms with E-state index in [1.165, 1.54) is 16.5 Å². The van der Waals surface area contributed by atoms with Crippen LogP contribution in [0.2, 0.25) is 0 Å². The highest BCUT2D eigenvalue weighted by molar-refractivity contribution is 6.66. The second kappa shape index (κ2) is 7.53. The van der Waals surface area contributed by atoms with Crippen LogP contribution >= 0.6 is 11.6 Å². The smallest absolute Gasteiger partial charge is 0.199 e. The number of amidine groups is 2. The fourth-order valence-corrected chi connectivity index (χ4v) is 3.73. The van der Waals surface area contributed by atoms with Crippen LogP contribution in [0.5, 0.6) is 0 Å². The monoisotopic (exact) mass is 395 g/mol. The topological polar surface area (TPSA) is 36.8 Å². The molecule has 0 bridgehead atoms. The van der Waals surface area contributed by atoms with E-state index in [2.05, 4.69) is 71.0 Å². The first-order valence-corrected chi connectivity index (χ1v) is 9.87. The number of fused-ring (bicyclic) bond motifs is 1. The molecule has 0 fully saturated rings. The third-order valence-electron chi connectivity index (χ3n) is 5.03. The highest BCUT2D eigenvalue weighted by Crippen LogP contribution is 2.27. The van der Waals surface area contributed by atoms with Gasteiger partial charge in [0.15, 0.2) is 11.5 Å². The molecular weight excluding hydrogens is 378 g/mol. The fraction of sp³-hybridized carbons (Fsp3) is 0.0400. The molecule has 0 radical (unpaired) electrons. The van der Waals surface area contributed by atoms with E-state index >= 15 is 0 Å². The minimum Gasteiger partial charge on any atom is -0.315 e. The predicted octanol–water partition coefficient (Wildman–Crippen LogP) is 6.15. The Labute approximate surface area is 174 Å². The average molecular weight is 396 g/mol. The maximum Gasteiger partial charge on any atom is 0.199 e. The van der Waals surface area contributed by atoms with Crippen LogP contribution in [0.1, 0.15) is 17.3 Å². The molecule has 4 aromatic carbocycles. The molecule has 0 saturated carbocycles. The van der Waals surface area contributed by atoms with Gasteiger partial charge < -0.3 is 5.32 Å². The van der Waals surface area contributed by atoms with Gasteiger partial charge in [0.25, 0.3) is 0 Å². The summed E-state index contributed by atoms with van der Waals surface area (Å²) in [7, 11) is 0. The van der Waals surface area contributed by atoms with Crippen LogP contribution in [0.4, 0.5) is 0 Å². The minimum atomic E-state index is -0.337. The molecule has 0 amide bonds. The number of hydrogen-bond acceptors (Lipinski definition) is 3. The summed E-state index contributed by atoms with van der Waals surface area (Å²) in [6.07, 6.45) is -0.337. The molecule has 140 valence electrons. The van der Waals surface area contributed by atoms with Gasteiger partial charge in [-0.05, 0) is 51.2 Å². The number of halogens is 1. The maximum atomic E-state index is 6.27. The first kappa shape index (κ1) is 17.7. The Morgan fingerprint density at radius 2 is 1.24 bits per heavy atom. The van der Waals surface area contributed by atoms with Gasteiger partial charge >= 0.3 is 0 Å². The molecule has 0 aromatic heterocycles. The highest BCUT2D eigenvalue weighted by atomic mass is 35.5. The van der Waals surface area contributed by atoms with E-state index in [0.717, 1.165) is 22.3 Å². The van der Waals surface area contributed by atoms with Crippen molar-refractivity contribution >= 4 is 33.5 Å². The van der Waals surface area contributed by atoms with Crippen molar-refractivity contribution in [3.63, 3.8) is 0 Å². The van der Waals surface area contributed by atoms with Crippen molar-refractivity contribution in [2.75, 3.05) is 0 Å². The highest BCUT2D eigenvalue weighted by Gasteiger charge is 2.18. The summed E-state index contributed by atoms with van der Waals surface area (Å²) in [5, 5.41) is 5.79. The third-order valence-corrected chi connectivity index (χ3v) is 5.22. The van der Waals surface area contributed by atoms with Crippen molar-refractivity contribution in [2.24, 2.45) is 9.98 Å². The molecule has 1 aliphatic heterocycles. The van der Waals surface area contributed by atoms with Gasteiger partial charge in [0.2, 0.25) is 0 Å². The Kier molecular flexibility index (Phi) is 4.59. The van der Waals surface area contributed by atoms with Gasteiger partial charge in [-0.2, -0.15) is 0 Å². The first-order chi connectivity index (χ1) is 14.3. The van der Waals surface area contributed by atoms with Gasteiger partial charge in [-0.3, -0.25) is 0 Å². The summed E-state index contributed by atoms with van der Waals surface area (Å²) in [5.74, 6) is 0.730. The number of nitrogens with one attached hydrogen (secondary N) is 1. The summed E-state index contributed by atoms with van der Waals surface area (Å²) >= 11 is 6.27. The Morgan fingerprint density at radius 1 is 0.621 bits per heavy atom. The van der Waals surface area contributed by atoms with E-state index in [0.29, 0.717) is 5.29 Å². The van der Waals surface area contributed by atoms with E-state index in [9.17, 15) is 0 Å². The molecule has 4 aromatic rings. The molecule has 1 N–H and O–H groups in total. The number of aliphatic imine (C=N–C) groups is 2. The summed E-state index contributed by atoms with van der Waals surface area (Å²) in [6, 6.07) is 33.2. The van der Waals surface area contributed by atoms with Crippen molar-refractivity contribution in [3.05, 3.63) is 108 Å². The lowest BCUT2D eigenvalue weighted by atomic mass is 9.99. The second-order valence-electron chi connectivity index (χ2n) is 6.95. The average Bonchev–Trinajstić information content (AvgIpc) is 2.79. The van der Waals surface area contributed by atoms with Crippen LogP contribution in [-0.2, 0) is 0 Å². The van der Waals surface area contributed by atoms with E-state index < -0.39 is 0 Å². The number of benzene rings is 4. The summed E-state index contributed by atoms with van der Waals surface area (Å²) < 4.78 is 0. The van der Waals surface area contributed by atoms with Gasteiger partial charge in [0, 0.05) is 5.56 Å². The lowest BCUT2D eigenvalue weighted by molar-refractivity contribution is 0.760. The molecular formula is C25H18ClN3. The molecule has 1 aliphatic rings. The Bertz CT molecular complexity index is 1230. The molecule has 0 spiro atoms. The van der Waals surface area contributed by atoms with E-state index in [4.69, 9.17) is 16.6 Å². The van der Waals surface area contributed by atoms with Crippen LogP contribution in [0.15, 0.2) is 107 Å². The summed E-state index contributed by atoms with van der Waals surface area (Å²) in [6.45, 7) is 0. The molecule has 0 saturated heterocycles. The van der Waals surface area contributed by atoms with Gasteiger partial charge in [0.05, 0.1) is 0 Å². The lowest BCUT2D eigenvalue weighted by Crippen LogP contribution is -2.32. The normalized spacial score (nSPS) is 16.1. The van der Waals surface area contributed by atoms with E-state index in [1.54, 1.807) is 0 Å². The lowest BCUT2D eigenvalue weighted by Gasteiger charge is -2.19. The van der Waals surface area contributed by atoms with Crippen LogP contribution in [0.25, 0.3) is 21.9 Å². The van der Waals surface area contributed by atoms with Crippen molar-refractivity contribution < 1.29 is 0 Å². The maximum absolute atomic E-state index is 6.27. The van der Waals surface area contributed by atoms with Gasteiger partial charge in [-0.25, -0.2) is 9.98 Å². The Balaban J connectivity index is 1.51. The standard InChI is InChI=1S/C25H18ClN3/c26-25-28-23(18-9-5-2-6-10-18)27-24(29-25)22-14-13-20-15-19(11-12-21(20)16-22)17-7-3-1-4-8-17/h1-16,23H,(H,27,28,29). The van der Waals surface area contributed by atoms with Crippen LogP contribution in [-0.4, -0.2) is 11.1 Å². The molecule has 0 aliphatic carbocycles. The van der Waals surface area contributed by atoms with Crippen molar-refractivity contribution in [3.8, 4) is 11.1 Å². The molecule has 5 rings (SSSR count). The van der Waals surface area contributed by atoms with E-state index in [1.807, 2.05) is 36.4 Å². The van der Waals surface area contributed by atoms with Crippen LogP contribution in [0.3, 0.4) is 0 Å². The van der Waals surface area contributed by atoms with Crippen molar-refractivity contribution in [1.82, 2.24) is 5.32 Å². The van der Waals surface area contributed by atoms with Gasteiger partial charge in [0.1, 0.15) is 5.84 Å². The Hall–Kier alpha value is -3.43. The van der Waals surface area contributed by atoms with E-state index in [-0.39, 0.29) is 6.17 Å². The molecule has 4 heteroatoms. The van der Waals surface area contributed by atoms with Crippen LogP contribution < -0.4 is 5.32 Å². The molecule has 3 nitrogen and oxygen atoms in total. The largest absolute Gasteiger partial charge is 0.315 e. The second-order valence-corrected chi connectivity index (χ2v) is 7.31. The number of rotatable bonds is 3. The zero-order chi connectivity index (χ0) is 19.6.